The van der Waals surface area contributed by atoms with Crippen molar-refractivity contribution in [1.29, 1.82) is 0 Å². The molecule has 23 heavy (non-hydrogen) atoms. The van der Waals surface area contributed by atoms with Gasteiger partial charge in [-0.3, -0.25) is 8.98 Å². The fourth-order valence-corrected chi connectivity index (χ4v) is 3.61. The van der Waals surface area contributed by atoms with Crippen molar-refractivity contribution in [3.05, 3.63) is 29.8 Å². The molecule has 1 atom stereocenters. The van der Waals surface area contributed by atoms with Gasteiger partial charge in [-0.25, -0.2) is 0 Å². The molecule has 0 saturated heterocycles. The largest absolute Gasteiger partial charge is 0.427 e. The SMILES string of the molecule is CC(=O)Oc1ccc(C(OS(=O)(=O)CCCI)C(F)(F)F)cc1. The van der Waals surface area contributed by atoms with Crippen molar-refractivity contribution < 1.29 is 35.3 Å². The van der Waals surface area contributed by atoms with Crippen LogP contribution in [0.25, 0.3) is 0 Å². The van der Waals surface area contributed by atoms with E-state index in [0.29, 0.717) is 4.43 Å². The number of hydrogen-bond acceptors (Lipinski definition) is 5. The Balaban J connectivity index is 3.01. The van der Waals surface area contributed by atoms with E-state index < -0.39 is 39.7 Å². The van der Waals surface area contributed by atoms with E-state index in [1.165, 1.54) is 0 Å². The maximum Gasteiger partial charge on any atom is 0.420 e. The molecule has 0 aliphatic heterocycles. The maximum absolute atomic E-state index is 13.1. The predicted molar refractivity (Wildman–Crippen MR) is 84.9 cm³/mol. The summed E-state index contributed by atoms with van der Waals surface area (Å²) in [6, 6.07) is 4.28. The van der Waals surface area contributed by atoms with E-state index in [4.69, 9.17) is 4.74 Å². The molecule has 0 N–H and O–H groups in total. The van der Waals surface area contributed by atoms with E-state index in [0.717, 1.165) is 31.2 Å². The molecule has 0 aliphatic rings. The van der Waals surface area contributed by atoms with E-state index >= 15 is 0 Å². The summed E-state index contributed by atoms with van der Waals surface area (Å²) in [6.45, 7) is 1.15. The van der Waals surface area contributed by atoms with Gasteiger partial charge >= 0.3 is 12.1 Å². The Morgan fingerprint density at radius 3 is 2.26 bits per heavy atom. The summed E-state index contributed by atoms with van der Waals surface area (Å²) in [4.78, 5) is 10.8. The van der Waals surface area contributed by atoms with Crippen LogP contribution in [0, 0.1) is 0 Å². The summed E-state index contributed by atoms with van der Waals surface area (Å²) in [7, 11) is -4.31. The monoisotopic (exact) mass is 466 g/mol. The third-order valence-electron chi connectivity index (χ3n) is 2.51. The predicted octanol–water partition coefficient (Wildman–Crippen LogP) is 3.39. The number of esters is 1. The number of benzene rings is 1. The van der Waals surface area contributed by atoms with E-state index in [1.807, 2.05) is 22.6 Å². The van der Waals surface area contributed by atoms with Gasteiger partial charge in [-0.2, -0.15) is 21.6 Å². The fourth-order valence-electron chi connectivity index (χ4n) is 1.60. The number of ether oxygens (including phenoxy) is 1. The molecule has 0 spiro atoms. The number of hydrogen-bond donors (Lipinski definition) is 0. The third kappa shape index (κ3) is 7.04. The minimum atomic E-state index is -4.90. The van der Waals surface area contributed by atoms with Crippen molar-refractivity contribution in [2.24, 2.45) is 0 Å². The van der Waals surface area contributed by atoms with Crippen LogP contribution in [0.15, 0.2) is 24.3 Å². The minimum absolute atomic E-state index is 0.0509. The van der Waals surface area contributed by atoms with Gasteiger partial charge in [-0.15, -0.1) is 0 Å². The number of rotatable bonds is 7. The molecule has 0 fully saturated rings. The van der Waals surface area contributed by atoms with Crippen LogP contribution in [-0.2, 0) is 19.1 Å². The van der Waals surface area contributed by atoms with Gasteiger partial charge in [0.2, 0.25) is 0 Å². The molecular formula is C13H14F3IO5S. The smallest absolute Gasteiger partial charge is 0.420 e. The zero-order valence-electron chi connectivity index (χ0n) is 12.0. The summed E-state index contributed by atoms with van der Waals surface area (Å²) in [5.41, 5.74) is -0.397. The Bertz CT molecular complexity index is 628. The third-order valence-corrected chi connectivity index (χ3v) is 4.55. The van der Waals surface area contributed by atoms with Gasteiger partial charge in [0.25, 0.3) is 10.1 Å². The summed E-state index contributed by atoms with van der Waals surface area (Å²) >= 11 is 1.92. The van der Waals surface area contributed by atoms with Gasteiger partial charge < -0.3 is 4.74 Å². The normalized spacial score (nSPS) is 13.6. The van der Waals surface area contributed by atoms with Crippen LogP contribution in [0.2, 0.25) is 0 Å². The van der Waals surface area contributed by atoms with Crippen molar-refractivity contribution in [2.45, 2.75) is 25.6 Å². The molecular weight excluding hydrogens is 452 g/mol. The second-order valence-electron chi connectivity index (χ2n) is 4.48. The molecule has 10 heteroatoms. The first-order valence-electron chi connectivity index (χ1n) is 6.37. The van der Waals surface area contributed by atoms with Crippen molar-refractivity contribution in [2.75, 3.05) is 10.2 Å². The van der Waals surface area contributed by atoms with Crippen LogP contribution < -0.4 is 4.74 Å². The van der Waals surface area contributed by atoms with Crippen molar-refractivity contribution in [3.8, 4) is 5.75 Å². The van der Waals surface area contributed by atoms with Crippen LogP contribution in [-0.4, -0.2) is 30.7 Å². The average molecular weight is 466 g/mol. The lowest BCUT2D eigenvalue weighted by molar-refractivity contribution is -0.196. The topological polar surface area (TPSA) is 69.7 Å². The standard InChI is InChI=1S/C13H14F3IO5S/c1-9(18)21-11-5-3-10(4-6-11)12(13(14,15)16)22-23(19,20)8-2-7-17/h3-6,12H,2,7-8H2,1H3. The molecule has 0 bridgehead atoms. The lowest BCUT2D eigenvalue weighted by Crippen LogP contribution is -2.27. The molecule has 130 valence electrons. The van der Waals surface area contributed by atoms with E-state index in [1.54, 1.807) is 0 Å². The Labute approximate surface area is 145 Å². The molecule has 1 rings (SSSR count). The molecule has 0 aliphatic carbocycles. The van der Waals surface area contributed by atoms with Crippen LogP contribution in [0.3, 0.4) is 0 Å². The van der Waals surface area contributed by atoms with Gasteiger partial charge in [-0.1, -0.05) is 34.7 Å². The zero-order valence-corrected chi connectivity index (χ0v) is 14.9. The number of alkyl halides is 4. The Morgan fingerprint density at radius 2 is 1.83 bits per heavy atom. The zero-order chi connectivity index (χ0) is 17.7. The molecule has 0 amide bonds. The van der Waals surface area contributed by atoms with Crippen LogP contribution in [0.5, 0.6) is 5.75 Å². The van der Waals surface area contributed by atoms with E-state index in [2.05, 4.69) is 4.18 Å². The quantitative estimate of drug-likeness (QED) is 0.203. The first-order chi connectivity index (χ1) is 10.5. The summed E-state index contributed by atoms with van der Waals surface area (Å²) in [5.74, 6) is -1.06. The highest BCUT2D eigenvalue weighted by Crippen LogP contribution is 2.37. The first-order valence-corrected chi connectivity index (χ1v) is 9.47. The molecule has 0 radical (unpaired) electrons. The molecule has 1 aromatic carbocycles. The second-order valence-corrected chi connectivity index (χ2v) is 7.28. The van der Waals surface area contributed by atoms with Gasteiger partial charge in [-0.05, 0) is 24.1 Å². The van der Waals surface area contributed by atoms with Crippen molar-refractivity contribution in [1.82, 2.24) is 0 Å². The number of carbonyl (C=O) groups excluding carboxylic acids is 1. The molecule has 1 aromatic rings. The molecule has 0 aromatic heterocycles. The Kier molecular flexibility index (Phi) is 7.27. The van der Waals surface area contributed by atoms with E-state index in [9.17, 15) is 26.4 Å². The van der Waals surface area contributed by atoms with Gasteiger partial charge in [0.1, 0.15) is 5.75 Å². The lowest BCUT2D eigenvalue weighted by atomic mass is 10.1. The number of carbonyl (C=O) groups is 1. The lowest BCUT2D eigenvalue weighted by Gasteiger charge is -2.20. The van der Waals surface area contributed by atoms with E-state index in [-0.39, 0.29) is 12.2 Å². The van der Waals surface area contributed by atoms with Crippen molar-refractivity contribution >= 4 is 38.7 Å². The first kappa shape index (κ1) is 20.2. The van der Waals surface area contributed by atoms with Crippen LogP contribution in [0.4, 0.5) is 13.2 Å². The maximum atomic E-state index is 13.1. The minimum Gasteiger partial charge on any atom is -0.427 e. The molecule has 1 unspecified atom stereocenters. The highest BCUT2D eigenvalue weighted by atomic mass is 127. The Hall–Kier alpha value is -0.880. The Morgan fingerprint density at radius 1 is 1.26 bits per heavy atom. The van der Waals surface area contributed by atoms with Gasteiger partial charge in [0, 0.05) is 11.4 Å². The average Bonchev–Trinajstić information content (AvgIpc) is 2.42. The van der Waals surface area contributed by atoms with Gasteiger partial charge in [0.05, 0.1) is 5.75 Å². The molecule has 0 saturated carbocycles. The number of halogens is 4. The van der Waals surface area contributed by atoms with Crippen LogP contribution >= 0.6 is 22.6 Å². The van der Waals surface area contributed by atoms with Crippen molar-refractivity contribution in [3.63, 3.8) is 0 Å². The highest BCUT2D eigenvalue weighted by molar-refractivity contribution is 14.1. The summed E-state index contributed by atoms with van der Waals surface area (Å²) in [5, 5.41) is 0. The molecule has 0 heterocycles. The van der Waals surface area contributed by atoms with Crippen LogP contribution in [0.1, 0.15) is 25.0 Å². The fraction of sp³-hybridized carbons (Fsp3) is 0.462. The summed E-state index contributed by atoms with van der Waals surface area (Å²) < 4.78 is 72.1. The molecule has 5 nitrogen and oxygen atoms in total. The summed E-state index contributed by atoms with van der Waals surface area (Å²) in [6.07, 6.45) is -7.31. The highest BCUT2D eigenvalue weighted by Gasteiger charge is 2.44. The second kappa shape index (κ2) is 8.29. The van der Waals surface area contributed by atoms with Gasteiger partial charge in [0.15, 0.2) is 6.10 Å².